The van der Waals surface area contributed by atoms with Crippen molar-refractivity contribution in [1.29, 1.82) is 0 Å². The Kier molecular flexibility index (Phi) is 6.25. The highest BCUT2D eigenvalue weighted by Crippen LogP contribution is 2.25. The Morgan fingerprint density at radius 2 is 2.00 bits per heavy atom. The standard InChI is InChI=1S/C23H25FN4O4/c1-32-19-7-3-6-18(11-19)28-14-20(26-23(28)31)22(30)27-9-8-16(13-27)21(29)25-12-15-4-2-5-17(24)10-15/h2-7,10-11,16,20H,8-9,12-14H2,1H3,(H,25,29)(H,26,31). The van der Waals surface area contributed by atoms with Crippen molar-refractivity contribution in [3.8, 4) is 5.75 Å². The molecule has 0 aliphatic carbocycles. The minimum absolute atomic E-state index is 0.168. The Balaban J connectivity index is 1.31. The molecule has 4 amide bonds. The molecule has 0 saturated carbocycles. The van der Waals surface area contributed by atoms with E-state index in [0.717, 1.165) is 0 Å². The van der Waals surface area contributed by atoms with E-state index in [2.05, 4.69) is 10.6 Å². The lowest BCUT2D eigenvalue weighted by Gasteiger charge is -2.20. The Hall–Kier alpha value is -3.62. The molecule has 2 aromatic rings. The summed E-state index contributed by atoms with van der Waals surface area (Å²) in [5.41, 5.74) is 1.32. The quantitative estimate of drug-likeness (QED) is 0.718. The van der Waals surface area contributed by atoms with E-state index in [1.54, 1.807) is 48.4 Å². The van der Waals surface area contributed by atoms with Crippen LogP contribution in [0.4, 0.5) is 14.9 Å². The van der Waals surface area contributed by atoms with Crippen LogP contribution in [-0.4, -0.2) is 55.5 Å². The van der Waals surface area contributed by atoms with Crippen molar-refractivity contribution >= 4 is 23.5 Å². The fraction of sp³-hybridized carbons (Fsp3) is 0.348. The normalized spacial score (nSPS) is 20.2. The molecule has 2 atom stereocenters. The topological polar surface area (TPSA) is 91.0 Å². The van der Waals surface area contributed by atoms with Crippen LogP contribution < -0.4 is 20.3 Å². The van der Waals surface area contributed by atoms with Crippen LogP contribution in [0.1, 0.15) is 12.0 Å². The molecule has 2 fully saturated rings. The van der Waals surface area contributed by atoms with Gasteiger partial charge in [0.2, 0.25) is 11.8 Å². The van der Waals surface area contributed by atoms with E-state index in [0.29, 0.717) is 36.5 Å². The second kappa shape index (κ2) is 9.25. The number of rotatable bonds is 6. The minimum Gasteiger partial charge on any atom is -0.497 e. The van der Waals surface area contributed by atoms with Crippen LogP contribution in [0.3, 0.4) is 0 Å². The molecule has 9 heteroatoms. The lowest BCUT2D eigenvalue weighted by molar-refractivity contribution is -0.132. The zero-order valence-electron chi connectivity index (χ0n) is 17.7. The summed E-state index contributed by atoms with van der Waals surface area (Å²) in [5, 5.41) is 5.54. The predicted molar refractivity (Wildman–Crippen MR) is 116 cm³/mol. The second-order valence-corrected chi connectivity index (χ2v) is 7.93. The number of hydrogen-bond acceptors (Lipinski definition) is 4. The summed E-state index contributed by atoms with van der Waals surface area (Å²) >= 11 is 0. The Morgan fingerprint density at radius 1 is 1.19 bits per heavy atom. The smallest absolute Gasteiger partial charge is 0.322 e. The van der Waals surface area contributed by atoms with E-state index >= 15 is 0 Å². The summed E-state index contributed by atoms with van der Waals surface area (Å²) in [4.78, 5) is 41.0. The fourth-order valence-electron chi connectivity index (χ4n) is 4.05. The van der Waals surface area contributed by atoms with Gasteiger partial charge in [-0.1, -0.05) is 18.2 Å². The molecule has 8 nitrogen and oxygen atoms in total. The summed E-state index contributed by atoms with van der Waals surface area (Å²) in [6.07, 6.45) is 0.543. The van der Waals surface area contributed by atoms with Gasteiger partial charge in [-0.3, -0.25) is 14.5 Å². The first-order chi connectivity index (χ1) is 15.4. The number of benzene rings is 2. The number of amides is 4. The van der Waals surface area contributed by atoms with Crippen molar-refractivity contribution in [3.05, 3.63) is 59.9 Å². The van der Waals surface area contributed by atoms with Gasteiger partial charge in [0, 0.05) is 31.4 Å². The Bertz CT molecular complexity index is 1030. The minimum atomic E-state index is -0.678. The molecule has 0 bridgehead atoms. The van der Waals surface area contributed by atoms with E-state index in [4.69, 9.17) is 4.74 Å². The van der Waals surface area contributed by atoms with Crippen LogP contribution in [0, 0.1) is 11.7 Å². The summed E-state index contributed by atoms with van der Waals surface area (Å²) in [6.45, 7) is 1.18. The molecule has 2 unspecified atom stereocenters. The van der Waals surface area contributed by atoms with Gasteiger partial charge in [-0.15, -0.1) is 0 Å². The largest absolute Gasteiger partial charge is 0.497 e. The number of anilines is 1. The fourth-order valence-corrected chi connectivity index (χ4v) is 4.05. The lowest BCUT2D eigenvalue weighted by atomic mass is 10.1. The van der Waals surface area contributed by atoms with Crippen LogP contribution in [0.25, 0.3) is 0 Å². The van der Waals surface area contributed by atoms with E-state index in [9.17, 15) is 18.8 Å². The monoisotopic (exact) mass is 440 g/mol. The summed E-state index contributed by atoms with van der Waals surface area (Å²) in [7, 11) is 1.55. The Labute approximate surface area is 185 Å². The number of methoxy groups -OCH3 is 1. The maximum absolute atomic E-state index is 13.3. The summed E-state index contributed by atoms with van der Waals surface area (Å²) < 4.78 is 18.5. The number of urea groups is 1. The maximum atomic E-state index is 13.3. The van der Waals surface area contributed by atoms with Gasteiger partial charge in [0.05, 0.1) is 19.6 Å². The first kappa shape index (κ1) is 21.6. The summed E-state index contributed by atoms with van der Waals surface area (Å²) in [5.74, 6) is -0.436. The van der Waals surface area contributed by atoms with Gasteiger partial charge in [-0.25, -0.2) is 9.18 Å². The average Bonchev–Trinajstić information content (AvgIpc) is 3.44. The molecule has 2 heterocycles. The molecule has 2 saturated heterocycles. The van der Waals surface area contributed by atoms with Gasteiger partial charge in [0.15, 0.2) is 0 Å². The molecule has 2 aliphatic heterocycles. The highest BCUT2D eigenvalue weighted by Gasteiger charge is 2.39. The number of carbonyl (C=O) groups excluding carboxylic acids is 3. The van der Waals surface area contributed by atoms with Crippen LogP contribution >= 0.6 is 0 Å². The molecule has 2 aromatic carbocycles. The SMILES string of the molecule is COc1cccc(N2CC(C(=O)N3CCC(C(=O)NCc4cccc(F)c4)C3)NC2=O)c1. The third-order valence-electron chi connectivity index (χ3n) is 5.80. The highest BCUT2D eigenvalue weighted by atomic mass is 19.1. The molecule has 4 rings (SSSR count). The number of nitrogens with one attached hydrogen (secondary N) is 2. The van der Waals surface area contributed by atoms with Crippen LogP contribution in [0.5, 0.6) is 5.75 Å². The first-order valence-corrected chi connectivity index (χ1v) is 10.5. The van der Waals surface area contributed by atoms with Gasteiger partial charge in [0.25, 0.3) is 0 Å². The van der Waals surface area contributed by atoms with E-state index in [-0.39, 0.29) is 42.7 Å². The van der Waals surface area contributed by atoms with E-state index < -0.39 is 6.04 Å². The average molecular weight is 440 g/mol. The van der Waals surface area contributed by atoms with Gasteiger partial charge in [-0.05, 0) is 36.2 Å². The highest BCUT2D eigenvalue weighted by molar-refractivity contribution is 6.00. The molecular formula is C23H25FN4O4. The van der Waals surface area contributed by atoms with Crippen molar-refractivity contribution in [2.75, 3.05) is 31.6 Å². The van der Waals surface area contributed by atoms with E-state index in [1.807, 2.05) is 0 Å². The molecule has 0 radical (unpaired) electrons. The number of hydrogen-bond donors (Lipinski definition) is 2. The third-order valence-corrected chi connectivity index (χ3v) is 5.80. The molecule has 32 heavy (non-hydrogen) atoms. The number of nitrogens with zero attached hydrogens (tertiary/aromatic N) is 2. The van der Waals surface area contributed by atoms with Gasteiger partial charge in [0.1, 0.15) is 17.6 Å². The zero-order valence-corrected chi connectivity index (χ0v) is 17.7. The lowest BCUT2D eigenvalue weighted by Crippen LogP contribution is -2.45. The molecule has 0 aromatic heterocycles. The molecular weight excluding hydrogens is 415 g/mol. The van der Waals surface area contributed by atoms with Crippen molar-refractivity contribution in [2.24, 2.45) is 5.92 Å². The zero-order chi connectivity index (χ0) is 22.7. The maximum Gasteiger partial charge on any atom is 0.322 e. The van der Waals surface area contributed by atoms with Crippen LogP contribution in [0.15, 0.2) is 48.5 Å². The molecule has 2 aliphatic rings. The third kappa shape index (κ3) is 4.66. The number of likely N-dealkylation sites (tertiary alicyclic amines) is 1. The van der Waals surface area contributed by atoms with Crippen molar-refractivity contribution in [3.63, 3.8) is 0 Å². The van der Waals surface area contributed by atoms with Crippen molar-refractivity contribution < 1.29 is 23.5 Å². The molecule has 168 valence electrons. The number of carbonyl (C=O) groups is 3. The number of halogens is 1. The van der Waals surface area contributed by atoms with Gasteiger partial charge < -0.3 is 20.3 Å². The van der Waals surface area contributed by atoms with E-state index in [1.165, 1.54) is 17.0 Å². The molecule has 2 N–H and O–H groups in total. The summed E-state index contributed by atoms with van der Waals surface area (Å²) in [6, 6.07) is 12.1. The van der Waals surface area contributed by atoms with Crippen molar-refractivity contribution in [2.45, 2.75) is 19.0 Å². The first-order valence-electron chi connectivity index (χ1n) is 10.5. The predicted octanol–water partition coefficient (Wildman–Crippen LogP) is 1.90. The van der Waals surface area contributed by atoms with Gasteiger partial charge >= 0.3 is 6.03 Å². The van der Waals surface area contributed by atoms with Crippen LogP contribution in [0.2, 0.25) is 0 Å². The van der Waals surface area contributed by atoms with Gasteiger partial charge in [-0.2, -0.15) is 0 Å². The second-order valence-electron chi connectivity index (χ2n) is 7.93. The number of ether oxygens (including phenoxy) is 1. The Morgan fingerprint density at radius 3 is 2.78 bits per heavy atom. The molecule has 0 spiro atoms. The van der Waals surface area contributed by atoms with Crippen LogP contribution in [-0.2, 0) is 16.1 Å². The van der Waals surface area contributed by atoms with Crippen molar-refractivity contribution in [1.82, 2.24) is 15.5 Å².